The van der Waals surface area contributed by atoms with Gasteiger partial charge in [-0.05, 0) is 32.1 Å². The molecule has 0 saturated carbocycles. The van der Waals surface area contributed by atoms with Gasteiger partial charge in [0.05, 0.1) is 6.61 Å². The van der Waals surface area contributed by atoms with Gasteiger partial charge in [0.25, 0.3) is 0 Å². The van der Waals surface area contributed by atoms with Crippen molar-refractivity contribution in [3.63, 3.8) is 0 Å². The van der Waals surface area contributed by atoms with Crippen LogP contribution in [-0.2, 0) is 4.79 Å². The second-order valence-corrected chi connectivity index (χ2v) is 7.16. The quantitative estimate of drug-likeness (QED) is 0.215. The summed E-state index contributed by atoms with van der Waals surface area (Å²) in [6, 6.07) is 0. The summed E-state index contributed by atoms with van der Waals surface area (Å²) in [5.74, 6) is 0.147. The molecule has 4 heteroatoms. The molecule has 26 heavy (non-hydrogen) atoms. The molecule has 0 fully saturated rings. The zero-order valence-corrected chi connectivity index (χ0v) is 17.2. The minimum absolute atomic E-state index is 0.142. The number of carbonyl (C=O) groups excluding carboxylic acids is 1. The maximum Gasteiger partial charge on any atom is 0.220 e. The Labute approximate surface area is 162 Å². The lowest BCUT2D eigenvalue weighted by molar-refractivity contribution is -0.121. The largest absolute Gasteiger partial charge is 0.395 e. The normalized spacial score (nSPS) is 11.3. The van der Waals surface area contributed by atoms with E-state index in [0.717, 1.165) is 19.4 Å². The first-order valence-corrected chi connectivity index (χ1v) is 11.0. The number of hydrogen-bond acceptors (Lipinski definition) is 3. The number of hydrogen-bond donors (Lipinski definition) is 3. The first-order valence-electron chi connectivity index (χ1n) is 11.0. The molecule has 0 unspecified atom stereocenters. The number of nitrogens with one attached hydrogen (secondary N) is 2. The van der Waals surface area contributed by atoms with E-state index in [1.165, 1.54) is 70.6 Å². The Kier molecular flexibility index (Phi) is 21.4. The maximum atomic E-state index is 11.6. The molecule has 0 saturated heterocycles. The van der Waals surface area contributed by atoms with Gasteiger partial charge in [0.2, 0.25) is 5.91 Å². The summed E-state index contributed by atoms with van der Waals surface area (Å²) in [7, 11) is 0. The molecule has 0 bridgehead atoms. The SMILES string of the molecule is CCCCCCCCC=CCCCCCCCC(=O)NCCNCCO. The van der Waals surface area contributed by atoms with Gasteiger partial charge < -0.3 is 15.7 Å². The molecular formula is C22H44N2O2. The molecule has 154 valence electrons. The van der Waals surface area contributed by atoms with Crippen LogP contribution in [0.5, 0.6) is 0 Å². The van der Waals surface area contributed by atoms with Crippen molar-refractivity contribution >= 4 is 5.91 Å². The third-order valence-corrected chi connectivity index (χ3v) is 4.58. The van der Waals surface area contributed by atoms with Crippen molar-refractivity contribution in [1.29, 1.82) is 0 Å². The highest BCUT2D eigenvalue weighted by atomic mass is 16.3. The van der Waals surface area contributed by atoms with Crippen LogP contribution in [0, 0.1) is 0 Å². The minimum atomic E-state index is 0.142. The van der Waals surface area contributed by atoms with Gasteiger partial charge in [-0.2, -0.15) is 0 Å². The van der Waals surface area contributed by atoms with Crippen LogP contribution in [0.3, 0.4) is 0 Å². The van der Waals surface area contributed by atoms with Crippen LogP contribution in [0.4, 0.5) is 0 Å². The Bertz CT molecular complexity index is 319. The smallest absolute Gasteiger partial charge is 0.220 e. The predicted octanol–water partition coefficient (Wildman–Crippen LogP) is 4.72. The summed E-state index contributed by atoms with van der Waals surface area (Å²) in [5, 5.41) is 14.6. The van der Waals surface area contributed by atoms with Crippen LogP contribution in [0.25, 0.3) is 0 Å². The molecule has 0 rings (SSSR count). The van der Waals surface area contributed by atoms with Gasteiger partial charge in [-0.3, -0.25) is 4.79 Å². The van der Waals surface area contributed by atoms with Crippen molar-refractivity contribution in [2.75, 3.05) is 26.2 Å². The van der Waals surface area contributed by atoms with E-state index in [4.69, 9.17) is 5.11 Å². The van der Waals surface area contributed by atoms with Crippen LogP contribution >= 0.6 is 0 Å². The average Bonchev–Trinajstić information content (AvgIpc) is 2.64. The fourth-order valence-electron chi connectivity index (χ4n) is 2.94. The minimum Gasteiger partial charge on any atom is -0.395 e. The average molecular weight is 369 g/mol. The molecule has 0 atom stereocenters. The Balaban J connectivity index is 3.18. The number of aliphatic hydroxyl groups is 1. The van der Waals surface area contributed by atoms with Crippen LogP contribution in [0.2, 0.25) is 0 Å². The summed E-state index contributed by atoms with van der Waals surface area (Å²) >= 11 is 0. The third kappa shape index (κ3) is 21.2. The Morgan fingerprint density at radius 2 is 1.35 bits per heavy atom. The molecule has 3 N–H and O–H groups in total. The van der Waals surface area contributed by atoms with Gasteiger partial charge in [-0.25, -0.2) is 0 Å². The van der Waals surface area contributed by atoms with Crippen molar-refractivity contribution in [2.45, 2.75) is 96.8 Å². The highest BCUT2D eigenvalue weighted by Crippen LogP contribution is 2.09. The molecule has 0 aromatic heterocycles. The number of amides is 1. The molecule has 0 aliphatic carbocycles. The molecule has 0 aromatic rings. The van der Waals surface area contributed by atoms with E-state index >= 15 is 0 Å². The molecule has 0 radical (unpaired) electrons. The fraction of sp³-hybridized carbons (Fsp3) is 0.864. The van der Waals surface area contributed by atoms with Gasteiger partial charge in [-0.1, -0.05) is 70.4 Å². The molecular weight excluding hydrogens is 324 g/mol. The van der Waals surface area contributed by atoms with Crippen molar-refractivity contribution in [3.05, 3.63) is 12.2 Å². The monoisotopic (exact) mass is 368 g/mol. The number of rotatable bonds is 20. The number of carbonyl (C=O) groups is 1. The summed E-state index contributed by atoms with van der Waals surface area (Å²) in [5.41, 5.74) is 0. The number of allylic oxidation sites excluding steroid dienone is 2. The molecule has 0 spiro atoms. The molecule has 0 aromatic carbocycles. The summed E-state index contributed by atoms with van der Waals surface area (Å²) in [6.45, 7) is 4.36. The summed E-state index contributed by atoms with van der Waals surface area (Å²) in [6.07, 6.45) is 22.0. The van der Waals surface area contributed by atoms with Gasteiger partial charge in [0.15, 0.2) is 0 Å². The van der Waals surface area contributed by atoms with Crippen LogP contribution in [0.15, 0.2) is 12.2 Å². The van der Waals surface area contributed by atoms with Crippen molar-refractivity contribution in [1.82, 2.24) is 10.6 Å². The number of aliphatic hydroxyl groups excluding tert-OH is 1. The van der Waals surface area contributed by atoms with Crippen LogP contribution in [0.1, 0.15) is 96.8 Å². The molecule has 0 aliphatic heterocycles. The van der Waals surface area contributed by atoms with E-state index in [2.05, 4.69) is 29.7 Å². The van der Waals surface area contributed by atoms with Gasteiger partial charge >= 0.3 is 0 Å². The lowest BCUT2D eigenvalue weighted by atomic mass is 10.1. The maximum absolute atomic E-state index is 11.6. The van der Waals surface area contributed by atoms with Crippen LogP contribution < -0.4 is 10.6 Å². The zero-order valence-electron chi connectivity index (χ0n) is 17.2. The Hall–Kier alpha value is -0.870. The standard InChI is InChI=1S/C22H44N2O2/c1-2-3-4-5-6-7-8-9-10-11-12-13-14-15-16-17-22(26)24-19-18-23-20-21-25/h9-10,23,25H,2-8,11-21H2,1H3,(H,24,26). The zero-order chi connectivity index (χ0) is 19.1. The molecule has 4 nitrogen and oxygen atoms in total. The Morgan fingerprint density at radius 3 is 1.96 bits per heavy atom. The molecule has 0 aliphatic rings. The molecule has 0 heterocycles. The fourth-order valence-corrected chi connectivity index (χ4v) is 2.94. The van der Waals surface area contributed by atoms with Gasteiger partial charge in [0.1, 0.15) is 0 Å². The highest BCUT2D eigenvalue weighted by Gasteiger charge is 2.00. The van der Waals surface area contributed by atoms with E-state index in [-0.39, 0.29) is 12.5 Å². The van der Waals surface area contributed by atoms with Crippen molar-refractivity contribution in [2.24, 2.45) is 0 Å². The third-order valence-electron chi connectivity index (χ3n) is 4.58. The number of unbranched alkanes of at least 4 members (excludes halogenated alkanes) is 11. The first-order chi connectivity index (χ1) is 12.8. The lowest BCUT2D eigenvalue weighted by Gasteiger charge is -2.06. The highest BCUT2D eigenvalue weighted by molar-refractivity contribution is 5.75. The van der Waals surface area contributed by atoms with E-state index in [0.29, 0.717) is 19.5 Å². The topological polar surface area (TPSA) is 61.4 Å². The van der Waals surface area contributed by atoms with E-state index < -0.39 is 0 Å². The second kappa shape index (κ2) is 22.2. The molecule has 1 amide bonds. The summed E-state index contributed by atoms with van der Waals surface area (Å²) < 4.78 is 0. The van der Waals surface area contributed by atoms with Gasteiger partial charge in [0, 0.05) is 26.1 Å². The van der Waals surface area contributed by atoms with E-state index in [1.807, 2.05) is 0 Å². The van der Waals surface area contributed by atoms with Gasteiger partial charge in [-0.15, -0.1) is 0 Å². The summed E-state index contributed by atoms with van der Waals surface area (Å²) in [4.78, 5) is 11.6. The lowest BCUT2D eigenvalue weighted by Crippen LogP contribution is -2.32. The van der Waals surface area contributed by atoms with Crippen LogP contribution in [-0.4, -0.2) is 37.3 Å². The first kappa shape index (κ1) is 25.1. The second-order valence-electron chi connectivity index (χ2n) is 7.16. The van der Waals surface area contributed by atoms with Crippen molar-refractivity contribution < 1.29 is 9.90 Å². The van der Waals surface area contributed by atoms with Crippen molar-refractivity contribution in [3.8, 4) is 0 Å². The predicted molar refractivity (Wildman–Crippen MR) is 112 cm³/mol. The van der Waals surface area contributed by atoms with E-state index in [1.54, 1.807) is 0 Å². The van der Waals surface area contributed by atoms with E-state index in [9.17, 15) is 4.79 Å². The Morgan fingerprint density at radius 1 is 0.769 bits per heavy atom.